The molecule has 0 saturated heterocycles. The maximum absolute atomic E-state index is 4.08. The van der Waals surface area contributed by atoms with Crippen LogP contribution >= 0.6 is 0 Å². The predicted octanol–water partition coefficient (Wildman–Crippen LogP) is 2.29. The van der Waals surface area contributed by atoms with Gasteiger partial charge in [-0.3, -0.25) is 0 Å². The van der Waals surface area contributed by atoms with Gasteiger partial charge >= 0.3 is 0 Å². The van der Waals surface area contributed by atoms with Gasteiger partial charge in [0, 0.05) is 24.8 Å². The molecule has 0 fully saturated rings. The molecule has 0 atom stereocenters. The second kappa shape index (κ2) is 4.67. The van der Waals surface area contributed by atoms with E-state index in [4.69, 9.17) is 0 Å². The van der Waals surface area contributed by atoms with E-state index in [-0.39, 0.29) is 0 Å². The van der Waals surface area contributed by atoms with Gasteiger partial charge < -0.3 is 9.38 Å². The second-order valence-corrected chi connectivity index (χ2v) is 3.69. The second-order valence-electron chi connectivity index (χ2n) is 3.69. The average molecular weight is 237 g/mol. The standard InChI is InChI=1S/C7H6N2.C6H5N3/c1-2-5-9-6-4-8-7(9)3-1;1-2-8-6-3-7-4-9-5(1)6/h1-6H;1-4,8H. The molecule has 0 spiro atoms. The summed E-state index contributed by atoms with van der Waals surface area (Å²) in [5.41, 5.74) is 2.94. The summed E-state index contributed by atoms with van der Waals surface area (Å²) in [6, 6.07) is 7.84. The molecule has 4 rings (SSSR count). The lowest BCUT2D eigenvalue weighted by molar-refractivity contribution is 1.19. The molecule has 0 aliphatic rings. The number of hydrogen-bond acceptors (Lipinski definition) is 3. The zero-order valence-electron chi connectivity index (χ0n) is 9.56. The maximum atomic E-state index is 4.08. The van der Waals surface area contributed by atoms with Gasteiger partial charge in [-0.15, -0.1) is 0 Å². The van der Waals surface area contributed by atoms with Crippen LogP contribution in [-0.2, 0) is 0 Å². The van der Waals surface area contributed by atoms with Crippen molar-refractivity contribution in [3.05, 3.63) is 61.6 Å². The topological polar surface area (TPSA) is 58.9 Å². The van der Waals surface area contributed by atoms with Crippen LogP contribution in [0.3, 0.4) is 0 Å². The summed E-state index contributed by atoms with van der Waals surface area (Å²) in [5.74, 6) is 0. The molecular formula is C13H11N5. The Bertz CT molecular complexity index is 629. The molecule has 1 N–H and O–H groups in total. The Morgan fingerprint density at radius 1 is 1.06 bits per heavy atom. The highest BCUT2D eigenvalue weighted by Gasteiger charge is 1.89. The quantitative estimate of drug-likeness (QED) is 0.510. The lowest BCUT2D eigenvalue weighted by Gasteiger charge is -1.86. The Kier molecular flexibility index (Phi) is 2.71. The first-order valence-corrected chi connectivity index (χ1v) is 5.54. The van der Waals surface area contributed by atoms with E-state index in [2.05, 4.69) is 19.9 Å². The van der Waals surface area contributed by atoms with E-state index in [1.165, 1.54) is 6.33 Å². The maximum Gasteiger partial charge on any atom is 0.136 e. The highest BCUT2D eigenvalue weighted by Crippen LogP contribution is 2.03. The van der Waals surface area contributed by atoms with E-state index < -0.39 is 0 Å². The minimum atomic E-state index is 0.963. The fraction of sp³-hybridized carbons (Fsp3) is 0. The van der Waals surface area contributed by atoms with Crippen molar-refractivity contribution in [1.29, 1.82) is 0 Å². The van der Waals surface area contributed by atoms with Crippen molar-refractivity contribution in [2.75, 3.05) is 0 Å². The number of aromatic nitrogens is 5. The van der Waals surface area contributed by atoms with Gasteiger partial charge in [-0.25, -0.2) is 15.0 Å². The molecule has 88 valence electrons. The molecule has 0 unspecified atom stereocenters. The summed E-state index contributed by atoms with van der Waals surface area (Å²) < 4.78 is 1.97. The van der Waals surface area contributed by atoms with Crippen molar-refractivity contribution < 1.29 is 0 Å². The number of imidazole rings is 1. The van der Waals surface area contributed by atoms with Crippen molar-refractivity contribution in [2.24, 2.45) is 0 Å². The first-order valence-electron chi connectivity index (χ1n) is 5.54. The van der Waals surface area contributed by atoms with Crippen LogP contribution in [0.25, 0.3) is 16.7 Å². The summed E-state index contributed by atoms with van der Waals surface area (Å²) in [6.45, 7) is 0. The number of aromatic amines is 1. The third-order valence-corrected chi connectivity index (χ3v) is 2.52. The fourth-order valence-electron chi connectivity index (χ4n) is 1.66. The zero-order valence-corrected chi connectivity index (χ0v) is 9.56. The smallest absolute Gasteiger partial charge is 0.136 e. The molecule has 0 bridgehead atoms. The Morgan fingerprint density at radius 3 is 2.94 bits per heavy atom. The summed E-state index contributed by atoms with van der Waals surface area (Å²) in [6.07, 6.45) is 10.8. The number of rotatable bonds is 0. The van der Waals surface area contributed by atoms with Crippen LogP contribution in [0.5, 0.6) is 0 Å². The number of nitrogens with zero attached hydrogens (tertiary/aromatic N) is 4. The van der Waals surface area contributed by atoms with Gasteiger partial charge in [-0.1, -0.05) is 6.07 Å². The fourth-order valence-corrected chi connectivity index (χ4v) is 1.66. The van der Waals surface area contributed by atoms with Crippen LogP contribution in [0.2, 0.25) is 0 Å². The van der Waals surface area contributed by atoms with E-state index in [1.54, 1.807) is 12.4 Å². The Hall–Kier alpha value is -2.69. The molecule has 0 saturated carbocycles. The predicted molar refractivity (Wildman–Crippen MR) is 69.1 cm³/mol. The largest absolute Gasteiger partial charge is 0.359 e. The van der Waals surface area contributed by atoms with Crippen LogP contribution < -0.4 is 0 Å². The monoisotopic (exact) mass is 237 g/mol. The minimum absolute atomic E-state index is 0.963. The SMILES string of the molecule is c1ccn2ccnc2c1.c1ncc2[nH]ccc2n1. The molecule has 5 nitrogen and oxygen atoms in total. The van der Waals surface area contributed by atoms with Gasteiger partial charge in [0.15, 0.2) is 0 Å². The van der Waals surface area contributed by atoms with E-state index >= 15 is 0 Å². The summed E-state index contributed by atoms with van der Waals surface area (Å²) in [4.78, 5) is 14.9. The highest BCUT2D eigenvalue weighted by molar-refractivity contribution is 5.72. The molecule has 4 aromatic heterocycles. The van der Waals surface area contributed by atoms with Gasteiger partial charge in [0.1, 0.15) is 12.0 Å². The normalized spacial score (nSPS) is 10.2. The number of pyridine rings is 1. The number of nitrogens with one attached hydrogen (secondary N) is 1. The number of hydrogen-bond donors (Lipinski definition) is 1. The van der Waals surface area contributed by atoms with Crippen molar-refractivity contribution in [3.63, 3.8) is 0 Å². The molecular weight excluding hydrogens is 226 g/mol. The van der Waals surface area contributed by atoms with Crippen LogP contribution in [-0.4, -0.2) is 24.3 Å². The Balaban J connectivity index is 0.000000111. The summed E-state index contributed by atoms with van der Waals surface area (Å²) >= 11 is 0. The Morgan fingerprint density at radius 2 is 2.06 bits per heavy atom. The number of H-pyrrole nitrogens is 1. The van der Waals surface area contributed by atoms with Crippen molar-refractivity contribution in [2.45, 2.75) is 0 Å². The molecule has 0 aromatic carbocycles. The lowest BCUT2D eigenvalue weighted by atomic mass is 10.5. The molecule has 0 amide bonds. The molecule has 18 heavy (non-hydrogen) atoms. The van der Waals surface area contributed by atoms with Crippen LogP contribution in [0, 0.1) is 0 Å². The van der Waals surface area contributed by atoms with Gasteiger partial charge in [-0.2, -0.15) is 0 Å². The van der Waals surface area contributed by atoms with E-state index in [0.717, 1.165) is 16.7 Å². The van der Waals surface area contributed by atoms with E-state index in [1.807, 2.05) is 47.3 Å². The first kappa shape index (κ1) is 10.5. The van der Waals surface area contributed by atoms with E-state index in [0.29, 0.717) is 0 Å². The van der Waals surface area contributed by atoms with Crippen molar-refractivity contribution >= 4 is 16.7 Å². The molecule has 0 aliphatic heterocycles. The van der Waals surface area contributed by atoms with Crippen molar-refractivity contribution in [1.82, 2.24) is 24.3 Å². The molecule has 0 aliphatic carbocycles. The average Bonchev–Trinajstić information content (AvgIpc) is 3.08. The zero-order chi connectivity index (χ0) is 12.2. The Labute approximate surface area is 103 Å². The third kappa shape index (κ3) is 2.06. The van der Waals surface area contributed by atoms with Gasteiger partial charge in [0.05, 0.1) is 17.2 Å². The summed E-state index contributed by atoms with van der Waals surface area (Å²) in [5, 5.41) is 0. The first-order chi connectivity index (χ1) is 8.93. The van der Waals surface area contributed by atoms with Crippen LogP contribution in [0.15, 0.2) is 61.6 Å². The van der Waals surface area contributed by atoms with E-state index in [9.17, 15) is 0 Å². The van der Waals surface area contributed by atoms with Crippen LogP contribution in [0.4, 0.5) is 0 Å². The number of fused-ring (bicyclic) bond motifs is 2. The lowest BCUT2D eigenvalue weighted by Crippen LogP contribution is -1.77. The van der Waals surface area contributed by atoms with Gasteiger partial charge in [0.25, 0.3) is 0 Å². The van der Waals surface area contributed by atoms with Crippen LogP contribution in [0.1, 0.15) is 0 Å². The third-order valence-electron chi connectivity index (χ3n) is 2.52. The molecule has 4 aromatic rings. The highest BCUT2D eigenvalue weighted by atomic mass is 15.0. The van der Waals surface area contributed by atoms with Crippen molar-refractivity contribution in [3.8, 4) is 0 Å². The molecule has 0 radical (unpaired) electrons. The molecule has 5 heteroatoms. The minimum Gasteiger partial charge on any atom is -0.359 e. The summed E-state index contributed by atoms with van der Waals surface area (Å²) in [7, 11) is 0. The van der Waals surface area contributed by atoms with Gasteiger partial charge in [0.2, 0.25) is 0 Å². The molecule has 4 heterocycles. The van der Waals surface area contributed by atoms with Gasteiger partial charge in [-0.05, 0) is 18.2 Å².